The molecule has 0 bridgehead atoms. The number of benzene rings is 1. The molecule has 1 saturated heterocycles. The second-order valence-corrected chi connectivity index (χ2v) is 10.4. The number of carboxylic acids is 1. The van der Waals surface area contributed by atoms with E-state index in [4.69, 9.17) is 9.47 Å². The first kappa shape index (κ1) is 22.9. The Morgan fingerprint density at radius 2 is 1.82 bits per heavy atom. The van der Waals surface area contributed by atoms with Crippen LogP contribution in [0, 0.1) is 17.3 Å². The van der Waals surface area contributed by atoms with E-state index in [1.54, 1.807) is 12.1 Å². The van der Waals surface area contributed by atoms with Gasteiger partial charge in [0.15, 0.2) is 17.6 Å². The number of carboxylic acid groups (broad SMARTS) is 1. The van der Waals surface area contributed by atoms with E-state index in [-0.39, 0.29) is 23.0 Å². The molecule has 9 heteroatoms. The summed E-state index contributed by atoms with van der Waals surface area (Å²) in [4.78, 5) is 11.3. The van der Waals surface area contributed by atoms with Gasteiger partial charge in [-0.1, -0.05) is 6.92 Å². The van der Waals surface area contributed by atoms with Crippen molar-refractivity contribution >= 4 is 5.97 Å². The average Bonchev–Trinajstić information content (AvgIpc) is 3.08. The number of rotatable bonds is 3. The van der Waals surface area contributed by atoms with E-state index in [2.05, 4.69) is 6.92 Å². The van der Waals surface area contributed by atoms with Crippen LogP contribution in [0.2, 0.25) is 0 Å². The first-order valence-corrected chi connectivity index (χ1v) is 11.7. The van der Waals surface area contributed by atoms with Gasteiger partial charge in [0.2, 0.25) is 6.29 Å². The van der Waals surface area contributed by atoms with Gasteiger partial charge in [0, 0.05) is 0 Å². The van der Waals surface area contributed by atoms with E-state index in [9.17, 15) is 35.4 Å². The second-order valence-electron chi connectivity index (χ2n) is 10.4. The number of phenols is 1. The molecular formula is C24H32O9. The fourth-order valence-corrected chi connectivity index (χ4v) is 6.93. The van der Waals surface area contributed by atoms with Gasteiger partial charge in [0.05, 0.1) is 6.10 Å². The molecule has 6 N–H and O–H groups in total. The number of fused-ring (bicyclic) bond motifs is 5. The van der Waals surface area contributed by atoms with Crippen LogP contribution in [0.15, 0.2) is 12.1 Å². The third-order valence-electron chi connectivity index (χ3n) is 8.81. The third-order valence-corrected chi connectivity index (χ3v) is 8.81. The predicted molar refractivity (Wildman–Crippen MR) is 114 cm³/mol. The molecule has 33 heavy (non-hydrogen) atoms. The van der Waals surface area contributed by atoms with E-state index >= 15 is 0 Å². The number of aryl methyl sites for hydroxylation is 1. The first-order valence-electron chi connectivity index (χ1n) is 11.7. The van der Waals surface area contributed by atoms with E-state index < -0.39 is 36.7 Å². The number of aliphatic hydroxyl groups excluding tert-OH is 4. The van der Waals surface area contributed by atoms with Gasteiger partial charge in [-0.3, -0.25) is 0 Å². The van der Waals surface area contributed by atoms with Gasteiger partial charge in [-0.25, -0.2) is 4.79 Å². The molecule has 182 valence electrons. The molecule has 2 saturated carbocycles. The number of hydrogen-bond acceptors (Lipinski definition) is 8. The lowest BCUT2D eigenvalue weighted by molar-refractivity contribution is -0.271. The fourth-order valence-electron chi connectivity index (χ4n) is 6.93. The van der Waals surface area contributed by atoms with Gasteiger partial charge >= 0.3 is 5.97 Å². The van der Waals surface area contributed by atoms with Gasteiger partial charge in [-0.05, 0) is 85.0 Å². The maximum absolute atomic E-state index is 11.3. The third kappa shape index (κ3) is 3.52. The van der Waals surface area contributed by atoms with Crippen molar-refractivity contribution in [1.29, 1.82) is 0 Å². The second kappa shape index (κ2) is 8.09. The molecule has 0 unspecified atom stereocenters. The van der Waals surface area contributed by atoms with Crippen LogP contribution in [0.1, 0.15) is 56.1 Å². The minimum Gasteiger partial charge on any atom is -0.504 e. The Morgan fingerprint density at radius 1 is 1.06 bits per heavy atom. The zero-order valence-corrected chi connectivity index (χ0v) is 18.5. The number of hydrogen-bond donors (Lipinski definition) is 6. The summed E-state index contributed by atoms with van der Waals surface area (Å²) < 4.78 is 10.8. The Balaban J connectivity index is 1.39. The molecule has 0 radical (unpaired) electrons. The fraction of sp³-hybridized carbons (Fsp3) is 0.708. The summed E-state index contributed by atoms with van der Waals surface area (Å²) in [7, 11) is 0. The summed E-state index contributed by atoms with van der Waals surface area (Å²) in [6, 6.07) is 3.38. The molecule has 5 rings (SSSR count). The molecule has 9 nitrogen and oxygen atoms in total. The number of ether oxygens (including phenoxy) is 2. The molecule has 1 aliphatic heterocycles. The SMILES string of the molecule is C[C@]12CC[C@@H]3c4cc(O)c(O[C@@H]5O[C@H](C(=O)O)[C@@H](O)[C@H](O)[C@H]5O)cc4CC[C@H]3[C@@H]1CC[C@@H]2O. The van der Waals surface area contributed by atoms with Crippen LogP contribution in [0.5, 0.6) is 11.5 Å². The molecule has 10 atom stereocenters. The van der Waals surface area contributed by atoms with E-state index in [0.717, 1.165) is 49.7 Å². The van der Waals surface area contributed by atoms with Gasteiger partial charge in [0.1, 0.15) is 18.3 Å². The summed E-state index contributed by atoms with van der Waals surface area (Å²) >= 11 is 0. The van der Waals surface area contributed by atoms with Crippen molar-refractivity contribution in [3.8, 4) is 11.5 Å². The minimum absolute atomic E-state index is 0.0286. The molecular weight excluding hydrogens is 432 g/mol. The molecule has 4 aliphatic rings. The molecule has 1 aromatic carbocycles. The predicted octanol–water partition coefficient (Wildman–Crippen LogP) is 0.880. The highest BCUT2D eigenvalue weighted by atomic mass is 16.7. The Hall–Kier alpha value is -1.91. The van der Waals surface area contributed by atoms with Gasteiger partial charge in [0.25, 0.3) is 0 Å². The first-order chi connectivity index (χ1) is 15.6. The normalized spacial score (nSPS) is 44.5. The molecule has 3 fully saturated rings. The maximum Gasteiger partial charge on any atom is 0.335 e. The molecule has 0 amide bonds. The van der Waals surface area contributed by atoms with Crippen molar-refractivity contribution in [3.05, 3.63) is 23.3 Å². The van der Waals surface area contributed by atoms with Gasteiger partial charge in [-0.2, -0.15) is 0 Å². The molecule has 1 heterocycles. The zero-order valence-electron chi connectivity index (χ0n) is 18.5. The summed E-state index contributed by atoms with van der Waals surface area (Å²) in [5.41, 5.74) is 2.06. The van der Waals surface area contributed by atoms with Crippen molar-refractivity contribution in [2.45, 2.75) is 88.2 Å². The van der Waals surface area contributed by atoms with Gasteiger partial charge < -0.3 is 40.1 Å². The van der Waals surface area contributed by atoms with Gasteiger partial charge in [-0.15, -0.1) is 0 Å². The number of aromatic hydroxyl groups is 1. The number of phenolic OH excluding ortho intramolecular Hbond substituents is 1. The van der Waals surface area contributed by atoms with Crippen molar-refractivity contribution in [2.75, 3.05) is 0 Å². The Labute approximate surface area is 191 Å². The Kier molecular flexibility index (Phi) is 5.61. The van der Waals surface area contributed by atoms with Crippen LogP contribution in [-0.2, 0) is 16.0 Å². The van der Waals surface area contributed by atoms with Crippen molar-refractivity contribution in [3.63, 3.8) is 0 Å². The van der Waals surface area contributed by atoms with Crippen LogP contribution in [0.4, 0.5) is 0 Å². The highest BCUT2D eigenvalue weighted by Crippen LogP contribution is 2.61. The van der Waals surface area contributed by atoms with E-state index in [1.807, 2.05) is 0 Å². The quantitative estimate of drug-likeness (QED) is 0.382. The topological polar surface area (TPSA) is 157 Å². The number of aliphatic carboxylic acids is 1. The lowest BCUT2D eigenvalue weighted by atomic mass is 9.55. The smallest absolute Gasteiger partial charge is 0.335 e. The summed E-state index contributed by atoms with van der Waals surface area (Å²) in [6.07, 6.45) is -3.36. The van der Waals surface area contributed by atoms with E-state index in [1.165, 1.54) is 0 Å². The zero-order chi connectivity index (χ0) is 23.7. The van der Waals surface area contributed by atoms with Crippen LogP contribution < -0.4 is 4.74 Å². The Morgan fingerprint density at radius 3 is 2.55 bits per heavy atom. The van der Waals surface area contributed by atoms with Crippen LogP contribution in [0.25, 0.3) is 0 Å². The van der Waals surface area contributed by atoms with Crippen LogP contribution in [-0.4, -0.2) is 73.4 Å². The summed E-state index contributed by atoms with van der Waals surface area (Å²) in [6.45, 7) is 2.21. The summed E-state index contributed by atoms with van der Waals surface area (Å²) in [5, 5.41) is 60.6. The van der Waals surface area contributed by atoms with Crippen LogP contribution in [0.3, 0.4) is 0 Å². The van der Waals surface area contributed by atoms with Crippen molar-refractivity contribution in [1.82, 2.24) is 0 Å². The van der Waals surface area contributed by atoms with Crippen LogP contribution >= 0.6 is 0 Å². The molecule has 0 aromatic heterocycles. The molecule has 1 aromatic rings. The number of carbonyl (C=O) groups is 1. The van der Waals surface area contributed by atoms with Crippen molar-refractivity contribution < 1.29 is 44.9 Å². The maximum atomic E-state index is 11.3. The summed E-state index contributed by atoms with van der Waals surface area (Å²) in [5.74, 6) is -0.412. The largest absolute Gasteiger partial charge is 0.504 e. The standard InChI is InChI=1S/C24H32O9/c1-24-7-6-11-12(14(24)4-5-17(24)26)3-2-10-8-16(15(25)9-13(10)11)32-23-20(29)18(27)19(28)21(33-23)22(30)31/h8-9,11-12,14,17-21,23,25-29H,2-7H2,1H3,(H,30,31)/t11-,12+,14-,17-,18-,19-,20+,21-,23+,24-/m0/s1. The Bertz CT molecular complexity index is 935. The average molecular weight is 465 g/mol. The lowest BCUT2D eigenvalue weighted by Gasteiger charge is -2.50. The monoisotopic (exact) mass is 464 g/mol. The molecule has 0 spiro atoms. The van der Waals surface area contributed by atoms with E-state index in [0.29, 0.717) is 17.8 Å². The number of aliphatic hydroxyl groups is 4. The lowest BCUT2D eigenvalue weighted by Crippen LogP contribution is -2.61. The minimum atomic E-state index is -1.81. The highest BCUT2D eigenvalue weighted by molar-refractivity contribution is 5.73. The highest BCUT2D eigenvalue weighted by Gasteiger charge is 2.54. The van der Waals surface area contributed by atoms with Crippen molar-refractivity contribution in [2.24, 2.45) is 17.3 Å². The molecule has 3 aliphatic carbocycles.